The highest BCUT2D eigenvalue weighted by molar-refractivity contribution is 8.15. The van der Waals surface area contributed by atoms with Crippen molar-refractivity contribution < 1.29 is 17.1 Å². The molecule has 0 N–H and O–H groups in total. The predicted molar refractivity (Wildman–Crippen MR) is 138 cm³/mol. The number of allylic oxidation sites excluding steroid dienone is 1. The molecular weight excluding hydrogens is 516 g/mol. The molecule has 35 heavy (non-hydrogen) atoms. The molecule has 1 spiro atoms. The van der Waals surface area contributed by atoms with Crippen molar-refractivity contribution in [2.45, 2.75) is 54.9 Å². The van der Waals surface area contributed by atoms with Gasteiger partial charge in [-0.2, -0.15) is 3.89 Å². The molecule has 1 unspecified atom stereocenters. The number of alkyl halides is 2. The van der Waals surface area contributed by atoms with Gasteiger partial charge in [0.1, 0.15) is 9.90 Å². The van der Waals surface area contributed by atoms with Crippen molar-refractivity contribution in [3.05, 3.63) is 81.3 Å². The number of fused-ring (bicyclic) bond motifs is 2. The second kappa shape index (κ2) is 8.73. The van der Waals surface area contributed by atoms with Gasteiger partial charge < -0.3 is 4.90 Å². The van der Waals surface area contributed by atoms with Crippen LogP contribution in [0.1, 0.15) is 54.5 Å². The fraction of sp³-hybridized carbons (Fsp3) is 0.423. The van der Waals surface area contributed by atoms with E-state index in [1.165, 1.54) is 17.2 Å². The molecule has 1 atom stereocenters. The Morgan fingerprint density at radius 1 is 1.29 bits per heavy atom. The van der Waals surface area contributed by atoms with Gasteiger partial charge >= 0.3 is 0 Å². The van der Waals surface area contributed by atoms with Crippen molar-refractivity contribution in [2.75, 3.05) is 13.1 Å². The lowest BCUT2D eigenvalue weighted by Gasteiger charge is -2.51. The molecule has 0 saturated carbocycles. The molecule has 2 aliphatic heterocycles. The van der Waals surface area contributed by atoms with Crippen LogP contribution in [-0.2, 0) is 22.3 Å². The number of aryl methyl sites for hydroxylation is 2. The Hall–Kier alpha value is -1.64. The van der Waals surface area contributed by atoms with Crippen LogP contribution in [0.3, 0.4) is 0 Å². The highest BCUT2D eigenvalue weighted by Crippen LogP contribution is 2.56. The maximum Gasteiger partial charge on any atom is 0.284 e. The van der Waals surface area contributed by atoms with E-state index in [0.29, 0.717) is 37.1 Å². The molecule has 186 valence electrons. The Morgan fingerprint density at radius 2 is 2.03 bits per heavy atom. The summed E-state index contributed by atoms with van der Waals surface area (Å²) in [7, 11) is 0. The van der Waals surface area contributed by atoms with Crippen LogP contribution in [-0.4, -0.2) is 29.6 Å². The Labute approximate surface area is 216 Å². The fourth-order valence-corrected chi connectivity index (χ4v) is 7.13. The van der Waals surface area contributed by atoms with Gasteiger partial charge in [-0.05, 0) is 71.2 Å². The van der Waals surface area contributed by atoms with E-state index in [0.717, 1.165) is 43.0 Å². The SMILES string of the molecule is C=C(N1CC2(CCc3cc(C4=NSC(SF)(c5cc(Cl)c(F)c(CC)c5)C4)ccc32)C1)C(C)(F)F. The summed E-state index contributed by atoms with van der Waals surface area (Å²) >= 11 is 7.45. The smallest absolute Gasteiger partial charge is 0.284 e. The second-order valence-corrected chi connectivity index (χ2v) is 12.3. The number of hydrogen-bond acceptors (Lipinski definition) is 4. The largest absolute Gasteiger partial charge is 0.369 e. The minimum Gasteiger partial charge on any atom is -0.369 e. The van der Waals surface area contributed by atoms with E-state index in [2.05, 4.69) is 23.1 Å². The average Bonchev–Trinajstić information content (AvgIpc) is 3.41. The number of likely N-dealkylation sites (tertiary alicyclic amines) is 1. The van der Waals surface area contributed by atoms with Crippen molar-refractivity contribution in [1.82, 2.24) is 4.90 Å². The summed E-state index contributed by atoms with van der Waals surface area (Å²) in [5, 5.41) is -0.0114. The van der Waals surface area contributed by atoms with Crippen LogP contribution in [0.2, 0.25) is 5.02 Å². The molecule has 0 amide bonds. The first kappa shape index (κ1) is 25.0. The van der Waals surface area contributed by atoms with Crippen molar-refractivity contribution in [2.24, 2.45) is 4.40 Å². The average molecular weight is 541 g/mol. The molecule has 2 aromatic rings. The van der Waals surface area contributed by atoms with Crippen molar-refractivity contribution in [3.63, 3.8) is 0 Å². The van der Waals surface area contributed by atoms with Gasteiger partial charge in [-0.3, -0.25) is 0 Å². The van der Waals surface area contributed by atoms with Gasteiger partial charge in [0.05, 0.1) is 28.6 Å². The monoisotopic (exact) mass is 540 g/mol. The van der Waals surface area contributed by atoms with E-state index in [1.54, 1.807) is 11.0 Å². The summed E-state index contributed by atoms with van der Waals surface area (Å²) in [5.41, 5.74) is 4.90. The highest BCUT2D eigenvalue weighted by atomic mass is 35.5. The Morgan fingerprint density at radius 3 is 2.69 bits per heavy atom. The maximum atomic E-state index is 14.4. The summed E-state index contributed by atoms with van der Waals surface area (Å²) < 4.78 is 59.6. The molecule has 3 aliphatic rings. The van der Waals surface area contributed by atoms with Crippen LogP contribution in [0, 0.1) is 5.82 Å². The standard InChI is InChI=1S/C26H25ClF4N2S2/c1-4-16-10-19(11-21(27)23(16)28)26(34-31)12-22(32-35-26)18-5-6-20-17(9-18)7-8-25(20)13-33(14-25)15(2)24(3,29)30/h5-6,9-11H,2,4,7-8,12-14H2,1,3H3. The Bertz CT molecular complexity index is 1240. The van der Waals surface area contributed by atoms with Gasteiger partial charge in [0.25, 0.3) is 5.92 Å². The van der Waals surface area contributed by atoms with Crippen molar-refractivity contribution >= 4 is 41.4 Å². The molecule has 0 radical (unpaired) electrons. The third kappa shape index (κ3) is 4.09. The first-order valence-electron chi connectivity index (χ1n) is 11.5. The van der Waals surface area contributed by atoms with E-state index >= 15 is 0 Å². The minimum atomic E-state index is -2.92. The number of nitrogens with zero attached hydrogens (tertiary/aromatic N) is 2. The zero-order valence-corrected chi connectivity index (χ0v) is 21.8. The summed E-state index contributed by atoms with van der Waals surface area (Å²) in [4.78, 5) is 1.67. The lowest BCUT2D eigenvalue weighted by molar-refractivity contribution is -0.00716. The molecule has 5 rings (SSSR count). The minimum absolute atomic E-state index is 0.0114. The van der Waals surface area contributed by atoms with Gasteiger partial charge in [0.2, 0.25) is 0 Å². The molecule has 1 fully saturated rings. The van der Waals surface area contributed by atoms with E-state index in [1.807, 2.05) is 13.0 Å². The third-order valence-electron chi connectivity index (χ3n) is 7.51. The van der Waals surface area contributed by atoms with Gasteiger partial charge in [0.15, 0.2) is 0 Å². The van der Waals surface area contributed by atoms with Gasteiger partial charge in [-0.1, -0.05) is 43.3 Å². The molecular formula is C26H25ClF4N2S2. The van der Waals surface area contributed by atoms with Crippen LogP contribution >= 0.6 is 35.7 Å². The van der Waals surface area contributed by atoms with Gasteiger partial charge in [0, 0.05) is 31.8 Å². The molecule has 1 saturated heterocycles. The third-order valence-corrected chi connectivity index (χ3v) is 9.81. The number of rotatable bonds is 6. The second-order valence-electron chi connectivity index (χ2n) is 9.76. The molecule has 9 heteroatoms. The van der Waals surface area contributed by atoms with E-state index in [-0.39, 0.29) is 28.3 Å². The molecule has 0 bridgehead atoms. The number of benzene rings is 2. The van der Waals surface area contributed by atoms with Crippen molar-refractivity contribution in [3.8, 4) is 0 Å². The summed E-state index contributed by atoms with van der Waals surface area (Å²) in [6.07, 6.45) is 2.57. The normalized spacial score (nSPS) is 22.8. The zero-order chi connectivity index (χ0) is 25.2. The lowest BCUT2D eigenvalue weighted by atomic mass is 9.74. The maximum absolute atomic E-state index is 14.4. The van der Waals surface area contributed by atoms with Crippen LogP contribution in [0.25, 0.3) is 0 Å². The summed E-state index contributed by atoms with van der Waals surface area (Å²) in [5.74, 6) is -3.38. The Kier molecular flexibility index (Phi) is 6.25. The predicted octanol–water partition coefficient (Wildman–Crippen LogP) is 8.02. The van der Waals surface area contributed by atoms with E-state index < -0.39 is 15.8 Å². The van der Waals surface area contributed by atoms with Crippen LogP contribution < -0.4 is 0 Å². The zero-order valence-electron chi connectivity index (χ0n) is 19.4. The van der Waals surface area contributed by atoms with Crippen LogP contribution in [0.5, 0.6) is 0 Å². The molecule has 2 aromatic carbocycles. The fourth-order valence-electron chi connectivity index (χ4n) is 5.42. The highest BCUT2D eigenvalue weighted by Gasteiger charge is 2.51. The summed E-state index contributed by atoms with van der Waals surface area (Å²) in [6.45, 7) is 7.40. The number of halogens is 5. The first-order chi connectivity index (χ1) is 16.5. The van der Waals surface area contributed by atoms with E-state index in [4.69, 9.17) is 11.6 Å². The Balaban J connectivity index is 1.36. The molecule has 1 aliphatic carbocycles. The van der Waals surface area contributed by atoms with Gasteiger partial charge in [-0.15, -0.1) is 0 Å². The van der Waals surface area contributed by atoms with Crippen LogP contribution in [0.15, 0.2) is 47.0 Å². The van der Waals surface area contributed by atoms with Gasteiger partial charge in [-0.25, -0.2) is 17.6 Å². The molecule has 2 nitrogen and oxygen atoms in total. The first-order valence-corrected chi connectivity index (χ1v) is 13.4. The topological polar surface area (TPSA) is 15.6 Å². The lowest BCUT2D eigenvalue weighted by Crippen LogP contribution is -2.59. The van der Waals surface area contributed by atoms with E-state index in [9.17, 15) is 17.1 Å². The quantitative estimate of drug-likeness (QED) is 0.272. The summed E-state index contributed by atoms with van der Waals surface area (Å²) in [6, 6.07) is 9.34. The van der Waals surface area contributed by atoms with Crippen molar-refractivity contribution in [1.29, 1.82) is 0 Å². The molecule has 2 heterocycles. The number of hydrogen-bond donors (Lipinski definition) is 0. The van der Waals surface area contributed by atoms with Crippen LogP contribution in [0.4, 0.5) is 17.1 Å². The molecule has 0 aromatic heterocycles.